The van der Waals surface area contributed by atoms with Gasteiger partial charge in [0, 0.05) is 28.7 Å². The van der Waals surface area contributed by atoms with Gasteiger partial charge in [-0.15, -0.1) is 0 Å². The van der Waals surface area contributed by atoms with E-state index in [1.807, 2.05) is 54.7 Å². The average molecular weight is 462 g/mol. The molecular weight excluding hydrogens is 430 g/mol. The second kappa shape index (κ2) is 9.71. The second-order valence-corrected chi connectivity index (χ2v) is 9.67. The molecule has 1 saturated carbocycles. The van der Waals surface area contributed by atoms with Crippen molar-refractivity contribution in [1.82, 2.24) is 10.3 Å². The first kappa shape index (κ1) is 23.5. The van der Waals surface area contributed by atoms with Crippen molar-refractivity contribution in [3.8, 4) is 0 Å². The van der Waals surface area contributed by atoms with Crippen LogP contribution in [0.1, 0.15) is 56.6 Å². The smallest absolute Gasteiger partial charge is 0.328 e. The number of benzene rings is 2. The Morgan fingerprint density at radius 3 is 2.35 bits per heavy atom. The number of carbonyl (C=O) groups is 3. The Morgan fingerprint density at radius 2 is 1.68 bits per heavy atom. The van der Waals surface area contributed by atoms with Gasteiger partial charge in [0.25, 0.3) is 0 Å². The van der Waals surface area contributed by atoms with Gasteiger partial charge in [-0.05, 0) is 74.8 Å². The lowest BCUT2D eigenvalue weighted by atomic mass is 9.78. The van der Waals surface area contributed by atoms with Gasteiger partial charge in [0.2, 0.25) is 11.8 Å². The summed E-state index contributed by atoms with van der Waals surface area (Å²) in [6.07, 6.45) is 5.39. The molecule has 1 aliphatic rings. The quantitative estimate of drug-likeness (QED) is 0.412. The van der Waals surface area contributed by atoms with Crippen molar-refractivity contribution in [3.05, 3.63) is 65.9 Å². The van der Waals surface area contributed by atoms with Gasteiger partial charge in [-0.2, -0.15) is 0 Å². The number of fused-ring (bicyclic) bond motifs is 1. The van der Waals surface area contributed by atoms with Crippen molar-refractivity contribution in [2.45, 2.75) is 57.4 Å². The number of anilines is 1. The van der Waals surface area contributed by atoms with Crippen molar-refractivity contribution in [2.75, 3.05) is 5.32 Å². The zero-order valence-electron chi connectivity index (χ0n) is 19.6. The fourth-order valence-corrected chi connectivity index (χ4v) is 4.65. The minimum atomic E-state index is -1.26. The van der Waals surface area contributed by atoms with Gasteiger partial charge in [-0.1, -0.05) is 30.3 Å². The van der Waals surface area contributed by atoms with Crippen LogP contribution in [-0.2, 0) is 20.8 Å². The van der Waals surface area contributed by atoms with Crippen molar-refractivity contribution in [3.63, 3.8) is 0 Å². The molecule has 1 heterocycles. The lowest BCUT2D eigenvalue weighted by Crippen LogP contribution is -2.51. The summed E-state index contributed by atoms with van der Waals surface area (Å²) in [5.41, 5.74) is 2.68. The number of carbonyl (C=O) groups excluding carboxylic acids is 2. The second-order valence-electron chi connectivity index (χ2n) is 9.67. The van der Waals surface area contributed by atoms with E-state index in [9.17, 15) is 19.5 Å². The van der Waals surface area contributed by atoms with E-state index in [2.05, 4.69) is 15.6 Å². The fraction of sp³-hybridized carbons (Fsp3) is 0.370. The number of para-hydroxylation sites is 1. The SMILES string of the molecule is CC(C)(NC(=O)[C@H]1CC[C@@H](c2ccc(NC(=O)Cc3c[nH]c4ccccc34)cc2)CC1)C(=O)O. The molecule has 1 aliphatic carbocycles. The largest absolute Gasteiger partial charge is 0.480 e. The fourth-order valence-electron chi connectivity index (χ4n) is 4.65. The highest BCUT2D eigenvalue weighted by Crippen LogP contribution is 2.36. The van der Waals surface area contributed by atoms with Crippen molar-refractivity contribution in [2.24, 2.45) is 5.92 Å². The zero-order valence-corrected chi connectivity index (χ0v) is 19.6. The third-order valence-electron chi connectivity index (χ3n) is 6.76. The maximum Gasteiger partial charge on any atom is 0.328 e. The van der Waals surface area contributed by atoms with Crippen molar-refractivity contribution >= 4 is 34.4 Å². The highest BCUT2D eigenvalue weighted by atomic mass is 16.4. The van der Waals surface area contributed by atoms with E-state index >= 15 is 0 Å². The van der Waals surface area contributed by atoms with Crippen molar-refractivity contribution < 1.29 is 19.5 Å². The number of aliphatic carboxylic acids is 1. The average Bonchev–Trinajstić information content (AvgIpc) is 3.22. The van der Waals surface area contributed by atoms with Crippen LogP contribution < -0.4 is 10.6 Å². The van der Waals surface area contributed by atoms with Crippen LogP contribution in [0.4, 0.5) is 5.69 Å². The van der Waals surface area contributed by atoms with Crippen LogP contribution in [0.15, 0.2) is 54.7 Å². The summed E-state index contributed by atoms with van der Waals surface area (Å²) in [6.45, 7) is 3.00. The van der Waals surface area contributed by atoms with Gasteiger partial charge in [0.1, 0.15) is 5.54 Å². The molecule has 0 unspecified atom stereocenters. The first-order valence-electron chi connectivity index (χ1n) is 11.7. The summed E-state index contributed by atoms with van der Waals surface area (Å²) >= 11 is 0. The maximum atomic E-state index is 12.6. The number of carboxylic acid groups (broad SMARTS) is 1. The number of hydrogen-bond donors (Lipinski definition) is 4. The number of amides is 2. The van der Waals surface area contributed by atoms with Gasteiger partial charge in [0.15, 0.2) is 0 Å². The van der Waals surface area contributed by atoms with Crippen LogP contribution in [0.25, 0.3) is 10.9 Å². The molecule has 1 aromatic heterocycles. The lowest BCUT2D eigenvalue weighted by Gasteiger charge is -2.30. The van der Waals surface area contributed by atoms with Crippen LogP contribution in [0.2, 0.25) is 0 Å². The Bertz CT molecular complexity index is 1190. The van der Waals surface area contributed by atoms with Crippen molar-refractivity contribution in [1.29, 1.82) is 0 Å². The third kappa shape index (κ3) is 5.30. The molecule has 0 aliphatic heterocycles. The molecule has 1 fully saturated rings. The maximum absolute atomic E-state index is 12.6. The predicted molar refractivity (Wildman–Crippen MR) is 132 cm³/mol. The van der Waals surface area contributed by atoms with Crippen LogP contribution in [0.3, 0.4) is 0 Å². The predicted octanol–water partition coefficient (Wildman–Crippen LogP) is 4.60. The van der Waals surface area contributed by atoms with E-state index in [1.165, 1.54) is 19.4 Å². The molecule has 0 atom stereocenters. The molecule has 4 N–H and O–H groups in total. The first-order chi connectivity index (χ1) is 16.2. The van der Waals surface area contributed by atoms with E-state index < -0.39 is 11.5 Å². The van der Waals surface area contributed by atoms with Crippen LogP contribution in [0.5, 0.6) is 0 Å². The number of nitrogens with one attached hydrogen (secondary N) is 3. The number of carboxylic acids is 1. The molecule has 3 aromatic rings. The van der Waals surface area contributed by atoms with E-state index in [-0.39, 0.29) is 17.7 Å². The van der Waals surface area contributed by atoms with E-state index in [0.29, 0.717) is 12.3 Å². The van der Waals surface area contributed by atoms with Crippen LogP contribution in [-0.4, -0.2) is 33.4 Å². The van der Waals surface area contributed by atoms with E-state index in [4.69, 9.17) is 0 Å². The Labute approximate surface area is 198 Å². The van der Waals surface area contributed by atoms with Gasteiger partial charge >= 0.3 is 5.97 Å². The third-order valence-corrected chi connectivity index (χ3v) is 6.76. The molecule has 7 nitrogen and oxygen atoms in total. The van der Waals surface area contributed by atoms with E-state index in [1.54, 1.807) is 0 Å². The summed E-state index contributed by atoms with van der Waals surface area (Å²) in [5.74, 6) is -1.08. The summed E-state index contributed by atoms with van der Waals surface area (Å²) in [5, 5.41) is 15.9. The number of H-pyrrole nitrogens is 1. The number of aromatic amines is 1. The van der Waals surface area contributed by atoms with Gasteiger partial charge < -0.3 is 20.7 Å². The number of hydrogen-bond acceptors (Lipinski definition) is 3. The van der Waals surface area contributed by atoms with Gasteiger partial charge in [-0.3, -0.25) is 9.59 Å². The molecule has 7 heteroatoms. The molecule has 178 valence electrons. The normalized spacial score (nSPS) is 18.4. The summed E-state index contributed by atoms with van der Waals surface area (Å²) in [4.78, 5) is 39.5. The minimum Gasteiger partial charge on any atom is -0.480 e. The molecular formula is C27H31N3O4. The number of rotatable bonds is 7. The van der Waals surface area contributed by atoms with Gasteiger partial charge in [0.05, 0.1) is 6.42 Å². The molecule has 0 bridgehead atoms. The molecule has 0 radical (unpaired) electrons. The zero-order chi connectivity index (χ0) is 24.3. The molecule has 0 saturated heterocycles. The molecule has 2 amide bonds. The Morgan fingerprint density at radius 1 is 1.00 bits per heavy atom. The lowest BCUT2D eigenvalue weighted by molar-refractivity contribution is -0.146. The molecule has 2 aromatic carbocycles. The standard InChI is InChI=1S/C27H31N3O4/c1-27(2,26(33)34)30-25(32)19-9-7-17(8-10-19)18-11-13-21(14-12-18)29-24(31)15-20-16-28-23-6-4-3-5-22(20)23/h3-6,11-14,16-17,19,28H,7-10,15H2,1-2H3,(H,29,31)(H,30,32)(H,33,34)/t17-,19+. The van der Waals surface area contributed by atoms with Gasteiger partial charge in [-0.25, -0.2) is 4.79 Å². The number of aromatic nitrogens is 1. The summed E-state index contributed by atoms with van der Waals surface area (Å²) in [7, 11) is 0. The van der Waals surface area contributed by atoms with Crippen LogP contribution in [0, 0.1) is 5.92 Å². The van der Waals surface area contributed by atoms with Crippen LogP contribution >= 0.6 is 0 Å². The Kier molecular flexibility index (Phi) is 6.72. The Balaban J connectivity index is 1.29. The van der Waals surface area contributed by atoms with E-state index in [0.717, 1.165) is 47.8 Å². The summed E-state index contributed by atoms with van der Waals surface area (Å²) < 4.78 is 0. The Hall–Kier alpha value is -3.61. The highest BCUT2D eigenvalue weighted by Gasteiger charge is 2.33. The minimum absolute atomic E-state index is 0.0618. The highest BCUT2D eigenvalue weighted by molar-refractivity contribution is 5.95. The molecule has 34 heavy (non-hydrogen) atoms. The monoisotopic (exact) mass is 461 g/mol. The first-order valence-corrected chi connectivity index (χ1v) is 11.7. The topological polar surface area (TPSA) is 111 Å². The summed E-state index contributed by atoms with van der Waals surface area (Å²) in [6, 6.07) is 15.9. The molecule has 4 rings (SSSR count). The molecule has 0 spiro atoms.